The third-order valence-corrected chi connectivity index (χ3v) is 5.17. The standard InChI is InChI=1S/C17H21NOS/c1-3-6-15(17-9-5-10-20-17)18-12(2)11-13-14(18)7-4-8-16(13)19/h5,9-11,15H,3-4,6-8H2,1-2H3. The molecule has 2 heterocycles. The smallest absolute Gasteiger partial charge is 0.164 e. The molecule has 0 amide bonds. The Labute approximate surface area is 124 Å². The number of carbonyl (C=O) groups excluding carboxylic acids is 1. The first-order valence-corrected chi connectivity index (χ1v) is 8.37. The molecule has 1 aliphatic rings. The van der Waals surface area contributed by atoms with Crippen LogP contribution in [0.2, 0.25) is 0 Å². The summed E-state index contributed by atoms with van der Waals surface area (Å²) in [5, 5.41) is 2.15. The minimum absolute atomic E-state index is 0.328. The van der Waals surface area contributed by atoms with Gasteiger partial charge < -0.3 is 4.57 Å². The number of carbonyl (C=O) groups is 1. The van der Waals surface area contributed by atoms with E-state index >= 15 is 0 Å². The fourth-order valence-corrected chi connectivity index (χ4v) is 4.19. The SMILES string of the molecule is CCCC(c1cccs1)n1c(C)cc2c1CCCC2=O. The van der Waals surface area contributed by atoms with Gasteiger partial charge in [0.25, 0.3) is 0 Å². The van der Waals surface area contributed by atoms with E-state index in [-0.39, 0.29) is 0 Å². The number of Topliss-reactive ketones (excluding diaryl/α,β-unsaturated/α-hetero) is 1. The van der Waals surface area contributed by atoms with Crippen molar-refractivity contribution in [2.75, 3.05) is 0 Å². The van der Waals surface area contributed by atoms with Crippen LogP contribution in [-0.2, 0) is 6.42 Å². The van der Waals surface area contributed by atoms with Crippen LogP contribution in [0.4, 0.5) is 0 Å². The predicted octanol–water partition coefficient (Wildman–Crippen LogP) is 4.77. The summed E-state index contributed by atoms with van der Waals surface area (Å²) in [5.41, 5.74) is 3.48. The van der Waals surface area contributed by atoms with Crippen LogP contribution in [0.5, 0.6) is 0 Å². The molecule has 0 saturated heterocycles. The molecule has 2 aromatic heterocycles. The Hall–Kier alpha value is -1.35. The van der Waals surface area contributed by atoms with Gasteiger partial charge in [0.05, 0.1) is 6.04 Å². The first kappa shape index (κ1) is 13.6. The molecule has 2 aromatic rings. The van der Waals surface area contributed by atoms with Crippen LogP contribution in [0, 0.1) is 6.92 Å². The molecule has 0 fully saturated rings. The summed E-state index contributed by atoms with van der Waals surface area (Å²) in [6.07, 6.45) is 5.05. The molecule has 0 spiro atoms. The van der Waals surface area contributed by atoms with Crippen LogP contribution < -0.4 is 0 Å². The summed E-state index contributed by atoms with van der Waals surface area (Å²) in [6, 6.07) is 6.85. The monoisotopic (exact) mass is 287 g/mol. The highest BCUT2D eigenvalue weighted by molar-refractivity contribution is 7.10. The maximum atomic E-state index is 12.1. The van der Waals surface area contributed by atoms with Gasteiger partial charge in [-0.25, -0.2) is 0 Å². The third-order valence-electron chi connectivity index (χ3n) is 4.20. The molecule has 3 heteroatoms. The summed E-state index contributed by atoms with van der Waals surface area (Å²) in [7, 11) is 0. The highest BCUT2D eigenvalue weighted by Crippen LogP contribution is 2.34. The summed E-state index contributed by atoms with van der Waals surface area (Å²) in [6.45, 7) is 4.37. The van der Waals surface area contributed by atoms with E-state index in [1.807, 2.05) is 11.3 Å². The maximum absolute atomic E-state index is 12.1. The molecule has 1 aliphatic carbocycles. The van der Waals surface area contributed by atoms with E-state index < -0.39 is 0 Å². The number of thiophene rings is 1. The summed E-state index contributed by atoms with van der Waals surface area (Å²) < 4.78 is 2.43. The zero-order valence-corrected chi connectivity index (χ0v) is 13.0. The molecular weight excluding hydrogens is 266 g/mol. The van der Waals surface area contributed by atoms with Gasteiger partial charge in [0.1, 0.15) is 0 Å². The second-order valence-electron chi connectivity index (χ2n) is 5.61. The molecule has 2 nitrogen and oxygen atoms in total. The first-order chi connectivity index (χ1) is 9.72. The normalized spacial score (nSPS) is 16.2. The van der Waals surface area contributed by atoms with E-state index in [2.05, 4.69) is 42.0 Å². The lowest BCUT2D eigenvalue weighted by Gasteiger charge is -2.24. The van der Waals surface area contributed by atoms with E-state index in [9.17, 15) is 4.79 Å². The van der Waals surface area contributed by atoms with Crippen LogP contribution in [0.15, 0.2) is 23.6 Å². The lowest BCUT2D eigenvalue weighted by molar-refractivity contribution is 0.0971. The van der Waals surface area contributed by atoms with Gasteiger partial charge in [-0.1, -0.05) is 19.4 Å². The number of rotatable bonds is 4. The Morgan fingerprint density at radius 2 is 2.25 bits per heavy atom. The van der Waals surface area contributed by atoms with Gasteiger partial charge in [0.15, 0.2) is 5.78 Å². The summed E-state index contributed by atoms with van der Waals surface area (Å²) >= 11 is 1.82. The van der Waals surface area contributed by atoms with E-state index in [0.29, 0.717) is 18.2 Å². The van der Waals surface area contributed by atoms with Gasteiger partial charge in [0, 0.05) is 28.2 Å². The molecule has 0 bridgehead atoms. The zero-order valence-electron chi connectivity index (χ0n) is 12.2. The van der Waals surface area contributed by atoms with Crippen molar-refractivity contribution in [3.8, 4) is 0 Å². The first-order valence-electron chi connectivity index (χ1n) is 7.49. The van der Waals surface area contributed by atoms with Crippen molar-refractivity contribution in [1.29, 1.82) is 0 Å². The maximum Gasteiger partial charge on any atom is 0.164 e. The molecule has 3 rings (SSSR count). The number of fused-ring (bicyclic) bond motifs is 1. The van der Waals surface area contributed by atoms with Gasteiger partial charge >= 0.3 is 0 Å². The number of nitrogens with zero attached hydrogens (tertiary/aromatic N) is 1. The Balaban J connectivity index is 2.10. The number of ketones is 1. The number of hydrogen-bond donors (Lipinski definition) is 0. The number of hydrogen-bond acceptors (Lipinski definition) is 2. The molecule has 106 valence electrons. The lowest BCUT2D eigenvalue weighted by atomic mass is 9.96. The molecule has 0 radical (unpaired) electrons. The van der Waals surface area contributed by atoms with Crippen molar-refractivity contribution in [2.24, 2.45) is 0 Å². The van der Waals surface area contributed by atoms with Crippen molar-refractivity contribution >= 4 is 17.1 Å². The van der Waals surface area contributed by atoms with Crippen LogP contribution in [-0.4, -0.2) is 10.4 Å². The Morgan fingerprint density at radius 3 is 2.95 bits per heavy atom. The van der Waals surface area contributed by atoms with Crippen LogP contribution in [0.3, 0.4) is 0 Å². The Kier molecular flexibility index (Phi) is 3.79. The molecule has 0 aliphatic heterocycles. The Morgan fingerprint density at radius 1 is 1.40 bits per heavy atom. The number of aryl methyl sites for hydroxylation is 1. The van der Waals surface area contributed by atoms with Crippen molar-refractivity contribution in [2.45, 2.75) is 52.0 Å². The molecule has 1 atom stereocenters. The Bertz CT molecular complexity index is 609. The third kappa shape index (κ3) is 2.24. The molecule has 0 saturated carbocycles. The minimum Gasteiger partial charge on any atom is -0.340 e. The van der Waals surface area contributed by atoms with E-state index in [1.165, 1.54) is 16.3 Å². The molecule has 1 unspecified atom stereocenters. The van der Waals surface area contributed by atoms with E-state index in [1.54, 1.807) is 0 Å². The summed E-state index contributed by atoms with van der Waals surface area (Å²) in [5.74, 6) is 0.328. The average molecular weight is 287 g/mol. The van der Waals surface area contributed by atoms with Crippen LogP contribution >= 0.6 is 11.3 Å². The van der Waals surface area contributed by atoms with Gasteiger partial charge in [-0.15, -0.1) is 11.3 Å². The van der Waals surface area contributed by atoms with E-state index in [0.717, 1.165) is 31.2 Å². The second-order valence-corrected chi connectivity index (χ2v) is 6.59. The highest BCUT2D eigenvalue weighted by Gasteiger charge is 2.26. The molecule has 0 aromatic carbocycles. The molecule has 0 N–H and O–H groups in total. The number of aromatic nitrogens is 1. The van der Waals surface area contributed by atoms with Crippen LogP contribution in [0.1, 0.15) is 65.3 Å². The lowest BCUT2D eigenvalue weighted by Crippen LogP contribution is -2.18. The zero-order chi connectivity index (χ0) is 14.1. The van der Waals surface area contributed by atoms with Gasteiger partial charge in [0.2, 0.25) is 0 Å². The second kappa shape index (κ2) is 5.57. The van der Waals surface area contributed by atoms with Crippen molar-refractivity contribution in [1.82, 2.24) is 4.57 Å². The highest BCUT2D eigenvalue weighted by atomic mass is 32.1. The molecule has 20 heavy (non-hydrogen) atoms. The quantitative estimate of drug-likeness (QED) is 0.794. The van der Waals surface area contributed by atoms with Gasteiger partial charge in [-0.3, -0.25) is 4.79 Å². The fourth-order valence-electron chi connectivity index (χ4n) is 3.34. The minimum atomic E-state index is 0.328. The van der Waals surface area contributed by atoms with Gasteiger partial charge in [-0.2, -0.15) is 0 Å². The van der Waals surface area contributed by atoms with Crippen molar-refractivity contribution < 1.29 is 4.79 Å². The summed E-state index contributed by atoms with van der Waals surface area (Å²) in [4.78, 5) is 13.5. The average Bonchev–Trinajstić information content (AvgIpc) is 3.05. The fraction of sp³-hybridized carbons (Fsp3) is 0.471. The van der Waals surface area contributed by atoms with Crippen molar-refractivity contribution in [3.05, 3.63) is 45.4 Å². The largest absolute Gasteiger partial charge is 0.340 e. The van der Waals surface area contributed by atoms with Gasteiger partial charge in [-0.05, 0) is 43.7 Å². The predicted molar refractivity (Wildman–Crippen MR) is 83.8 cm³/mol. The van der Waals surface area contributed by atoms with E-state index in [4.69, 9.17) is 0 Å². The molecular formula is C17H21NOS. The topological polar surface area (TPSA) is 22.0 Å². The van der Waals surface area contributed by atoms with Crippen LogP contribution in [0.25, 0.3) is 0 Å². The van der Waals surface area contributed by atoms with Crippen molar-refractivity contribution in [3.63, 3.8) is 0 Å².